The highest BCUT2D eigenvalue weighted by molar-refractivity contribution is 5.95. The van der Waals surface area contributed by atoms with Gasteiger partial charge < -0.3 is 5.73 Å². The summed E-state index contributed by atoms with van der Waals surface area (Å²) >= 11 is 0. The maximum atomic E-state index is 10.9. The lowest BCUT2D eigenvalue weighted by atomic mass is 10.2. The van der Waals surface area contributed by atoms with Gasteiger partial charge in [-0.15, -0.1) is 0 Å². The number of aromatic nitrogens is 2. The number of hydrogen-bond donors (Lipinski definition) is 1. The molecule has 0 saturated carbocycles. The van der Waals surface area contributed by atoms with E-state index in [2.05, 4.69) is 5.10 Å². The van der Waals surface area contributed by atoms with E-state index in [1.165, 1.54) is 4.68 Å². The van der Waals surface area contributed by atoms with Crippen LogP contribution in [0.5, 0.6) is 0 Å². The Labute approximate surface area is 86.0 Å². The lowest BCUT2D eigenvalue weighted by Crippen LogP contribution is -2.13. The lowest BCUT2D eigenvalue weighted by Gasteiger charge is -1.97. The molecular weight excluding hydrogens is 200 g/mol. The third-order valence-electron chi connectivity index (χ3n) is 2.04. The van der Waals surface area contributed by atoms with Crippen molar-refractivity contribution in [2.75, 3.05) is 0 Å². The van der Waals surface area contributed by atoms with Gasteiger partial charge in [-0.05, 0) is 6.42 Å². The highest BCUT2D eigenvalue weighted by atomic mass is 16.6. The standard InChI is InChI=1S/C8H12N4O3/c1-3-4-5-7(12(14)15)6(8(9)13)10-11(5)2/h3-4H2,1-2H3,(H2,9,13). The van der Waals surface area contributed by atoms with E-state index in [1.807, 2.05) is 6.92 Å². The molecule has 0 spiro atoms. The lowest BCUT2D eigenvalue weighted by molar-refractivity contribution is -0.385. The number of primary amides is 1. The van der Waals surface area contributed by atoms with Gasteiger partial charge >= 0.3 is 5.69 Å². The Hall–Kier alpha value is -1.92. The second-order valence-corrected chi connectivity index (χ2v) is 3.14. The van der Waals surface area contributed by atoms with Gasteiger partial charge in [0.15, 0.2) is 0 Å². The maximum Gasteiger partial charge on any atom is 0.323 e. The SMILES string of the molecule is CCCc1c([N+](=O)[O-])c(C(N)=O)nn1C. The molecule has 1 amide bonds. The fourth-order valence-electron chi connectivity index (χ4n) is 1.42. The molecule has 0 fully saturated rings. The van der Waals surface area contributed by atoms with Gasteiger partial charge in [0.05, 0.1) is 4.92 Å². The molecular formula is C8H12N4O3. The van der Waals surface area contributed by atoms with Crippen molar-refractivity contribution in [3.8, 4) is 0 Å². The Balaban J connectivity index is 3.37. The number of hydrogen-bond acceptors (Lipinski definition) is 4. The number of aryl methyl sites for hydroxylation is 1. The van der Waals surface area contributed by atoms with Gasteiger partial charge in [0.2, 0.25) is 5.69 Å². The van der Waals surface area contributed by atoms with E-state index in [1.54, 1.807) is 7.05 Å². The maximum absolute atomic E-state index is 10.9. The molecule has 1 rings (SSSR count). The summed E-state index contributed by atoms with van der Waals surface area (Å²) in [6.45, 7) is 1.89. The van der Waals surface area contributed by atoms with Crippen LogP contribution in [0, 0.1) is 10.1 Å². The van der Waals surface area contributed by atoms with Crippen molar-refractivity contribution in [3.63, 3.8) is 0 Å². The van der Waals surface area contributed by atoms with E-state index in [0.717, 1.165) is 6.42 Å². The third-order valence-corrected chi connectivity index (χ3v) is 2.04. The minimum absolute atomic E-state index is 0.271. The number of nitro groups is 1. The topological polar surface area (TPSA) is 104 Å². The highest BCUT2D eigenvalue weighted by Crippen LogP contribution is 2.23. The number of rotatable bonds is 4. The summed E-state index contributed by atoms with van der Waals surface area (Å²) in [6, 6.07) is 0. The van der Waals surface area contributed by atoms with Crippen molar-refractivity contribution < 1.29 is 9.72 Å². The molecule has 0 aromatic carbocycles. The fourth-order valence-corrected chi connectivity index (χ4v) is 1.42. The summed E-state index contributed by atoms with van der Waals surface area (Å²) in [4.78, 5) is 21.1. The van der Waals surface area contributed by atoms with Crippen molar-refractivity contribution in [2.24, 2.45) is 12.8 Å². The van der Waals surface area contributed by atoms with E-state index in [9.17, 15) is 14.9 Å². The summed E-state index contributed by atoms with van der Waals surface area (Å²) in [5, 5.41) is 14.5. The van der Waals surface area contributed by atoms with Crippen LogP contribution in [0.4, 0.5) is 5.69 Å². The predicted octanol–water partition coefficient (Wildman–Crippen LogP) is 0.380. The van der Waals surface area contributed by atoms with Crippen molar-refractivity contribution in [1.29, 1.82) is 0 Å². The van der Waals surface area contributed by atoms with Crippen LogP contribution in [0.15, 0.2) is 0 Å². The van der Waals surface area contributed by atoms with Gasteiger partial charge in [0, 0.05) is 7.05 Å². The van der Waals surface area contributed by atoms with E-state index in [0.29, 0.717) is 12.1 Å². The van der Waals surface area contributed by atoms with Crippen molar-refractivity contribution in [3.05, 3.63) is 21.5 Å². The first kappa shape index (κ1) is 11.2. The van der Waals surface area contributed by atoms with E-state index in [4.69, 9.17) is 5.73 Å². The Kier molecular flexibility index (Phi) is 3.03. The Morgan fingerprint density at radius 1 is 1.67 bits per heavy atom. The van der Waals surface area contributed by atoms with Gasteiger partial charge in [0.1, 0.15) is 5.69 Å². The van der Waals surface area contributed by atoms with Crippen LogP contribution in [0.25, 0.3) is 0 Å². The first-order valence-electron chi connectivity index (χ1n) is 4.49. The first-order valence-corrected chi connectivity index (χ1v) is 4.49. The van der Waals surface area contributed by atoms with Crippen LogP contribution in [-0.2, 0) is 13.5 Å². The zero-order valence-corrected chi connectivity index (χ0v) is 8.56. The summed E-state index contributed by atoms with van der Waals surface area (Å²) in [7, 11) is 1.56. The Morgan fingerprint density at radius 2 is 2.27 bits per heavy atom. The van der Waals surface area contributed by atoms with Crippen LogP contribution in [0.1, 0.15) is 29.5 Å². The van der Waals surface area contributed by atoms with Gasteiger partial charge in [0.25, 0.3) is 5.91 Å². The summed E-state index contributed by atoms with van der Waals surface area (Å²) in [5.41, 5.74) is 4.89. The van der Waals surface area contributed by atoms with Crippen molar-refractivity contribution >= 4 is 11.6 Å². The van der Waals surface area contributed by atoms with E-state index in [-0.39, 0.29) is 11.4 Å². The molecule has 1 aromatic heterocycles. The van der Waals surface area contributed by atoms with Crippen molar-refractivity contribution in [2.45, 2.75) is 19.8 Å². The number of carbonyl (C=O) groups is 1. The minimum atomic E-state index is -0.875. The molecule has 0 unspecified atom stereocenters. The van der Waals surface area contributed by atoms with Gasteiger partial charge in [-0.3, -0.25) is 19.6 Å². The molecule has 7 nitrogen and oxygen atoms in total. The zero-order valence-electron chi connectivity index (χ0n) is 8.56. The van der Waals surface area contributed by atoms with Gasteiger partial charge in [-0.25, -0.2) is 0 Å². The minimum Gasteiger partial charge on any atom is -0.364 e. The van der Waals surface area contributed by atoms with Crippen LogP contribution in [0.3, 0.4) is 0 Å². The molecule has 0 atom stereocenters. The normalized spacial score (nSPS) is 10.3. The first-order chi connectivity index (χ1) is 6.99. The molecule has 0 radical (unpaired) electrons. The number of amides is 1. The van der Waals surface area contributed by atoms with Gasteiger partial charge in [-0.1, -0.05) is 13.3 Å². The van der Waals surface area contributed by atoms with Crippen LogP contribution < -0.4 is 5.73 Å². The molecule has 1 heterocycles. The second-order valence-electron chi connectivity index (χ2n) is 3.14. The Bertz CT molecular complexity index is 410. The largest absolute Gasteiger partial charge is 0.364 e. The molecule has 0 aliphatic heterocycles. The molecule has 2 N–H and O–H groups in total. The number of nitrogens with zero attached hydrogens (tertiary/aromatic N) is 3. The summed E-state index contributed by atoms with van der Waals surface area (Å²) < 4.78 is 1.34. The average Bonchev–Trinajstić information content (AvgIpc) is 2.45. The number of carbonyl (C=O) groups excluding carboxylic acids is 1. The monoisotopic (exact) mass is 212 g/mol. The van der Waals surface area contributed by atoms with E-state index < -0.39 is 10.8 Å². The van der Waals surface area contributed by atoms with Gasteiger partial charge in [-0.2, -0.15) is 5.10 Å². The third kappa shape index (κ3) is 1.95. The quantitative estimate of drug-likeness (QED) is 0.575. The molecule has 0 bridgehead atoms. The molecule has 15 heavy (non-hydrogen) atoms. The molecule has 0 saturated heterocycles. The van der Waals surface area contributed by atoms with Crippen molar-refractivity contribution in [1.82, 2.24) is 9.78 Å². The summed E-state index contributed by atoms with van der Waals surface area (Å²) in [6.07, 6.45) is 1.23. The molecule has 82 valence electrons. The zero-order chi connectivity index (χ0) is 11.6. The van der Waals surface area contributed by atoms with Crippen LogP contribution >= 0.6 is 0 Å². The average molecular weight is 212 g/mol. The molecule has 7 heteroatoms. The smallest absolute Gasteiger partial charge is 0.323 e. The van der Waals surface area contributed by atoms with Crippen LogP contribution in [0.2, 0.25) is 0 Å². The summed E-state index contributed by atoms with van der Waals surface area (Å²) in [5.74, 6) is -0.875. The predicted molar refractivity (Wildman–Crippen MR) is 52.4 cm³/mol. The fraction of sp³-hybridized carbons (Fsp3) is 0.500. The number of nitrogens with two attached hydrogens (primary N) is 1. The second kappa shape index (κ2) is 4.07. The molecule has 1 aromatic rings. The van der Waals surface area contributed by atoms with Crippen LogP contribution in [-0.4, -0.2) is 20.6 Å². The Morgan fingerprint density at radius 3 is 2.67 bits per heavy atom. The molecule has 0 aliphatic rings. The molecule has 0 aliphatic carbocycles. The highest BCUT2D eigenvalue weighted by Gasteiger charge is 2.28. The van der Waals surface area contributed by atoms with E-state index >= 15 is 0 Å².